The molecule has 2 fully saturated rings. The molecule has 2 heteroatoms. The van der Waals surface area contributed by atoms with Crippen LogP contribution in [-0.4, -0.2) is 11.1 Å². The summed E-state index contributed by atoms with van der Waals surface area (Å²) in [6, 6.07) is 0. The molecule has 1 N–H and O–H groups in total. The number of allylic oxidation sites excluding steroid dienone is 3. The van der Waals surface area contributed by atoms with Gasteiger partial charge in [0.1, 0.15) is 0 Å². The summed E-state index contributed by atoms with van der Waals surface area (Å²) in [5.41, 5.74) is 5.87. The number of rotatable bonds is 5. The Kier molecular flexibility index (Phi) is 6.28. The molecule has 0 saturated heterocycles. The molecule has 2 nitrogen and oxygen atoms in total. The fourth-order valence-electron chi connectivity index (χ4n) is 9.67. The molecule has 0 aromatic rings. The third kappa shape index (κ3) is 3.59. The highest BCUT2D eigenvalue weighted by Crippen LogP contribution is 2.72. The largest absolute Gasteiger partial charge is 0.478 e. The van der Waals surface area contributed by atoms with Crippen LogP contribution in [0.25, 0.3) is 0 Å². The molecule has 0 aliphatic heterocycles. The van der Waals surface area contributed by atoms with E-state index in [0.29, 0.717) is 33.2 Å². The van der Waals surface area contributed by atoms with E-state index in [-0.39, 0.29) is 0 Å². The highest BCUT2D eigenvalue weighted by Gasteiger charge is 2.62. The van der Waals surface area contributed by atoms with E-state index in [9.17, 15) is 9.90 Å². The normalized spacial score (nSPS) is 43.5. The Morgan fingerprint density at radius 3 is 2.39 bits per heavy atom. The van der Waals surface area contributed by atoms with Crippen LogP contribution in [0, 0.1) is 45.3 Å². The van der Waals surface area contributed by atoms with E-state index < -0.39 is 5.97 Å². The average molecular weight is 455 g/mol. The van der Waals surface area contributed by atoms with Crippen molar-refractivity contribution in [3.05, 3.63) is 22.8 Å². The molecule has 0 bridgehead atoms. The fourth-order valence-corrected chi connectivity index (χ4v) is 9.67. The standard InChI is InChI=1S/C31H50O2/c1-20(10-9-11-21(2)27(32)33)23-15-18-31(8)25-12-13-26-28(4,5)22(3)14-17-29(26,6)24(25)16-19-30(23,31)7/h11,20,22-23,26H,9-10,12-19H2,1-8H3,(H,32,33)/b21-11-/t20?,22-,23-,26?,29+,30-,31+/m0/s1. The lowest BCUT2D eigenvalue weighted by molar-refractivity contribution is -0.132. The van der Waals surface area contributed by atoms with Crippen LogP contribution in [0.2, 0.25) is 0 Å². The predicted molar refractivity (Wildman–Crippen MR) is 138 cm³/mol. The molecule has 2 saturated carbocycles. The topological polar surface area (TPSA) is 37.3 Å². The van der Waals surface area contributed by atoms with Crippen LogP contribution in [0.15, 0.2) is 22.8 Å². The monoisotopic (exact) mass is 454 g/mol. The van der Waals surface area contributed by atoms with Crippen molar-refractivity contribution >= 4 is 5.97 Å². The zero-order valence-electron chi connectivity index (χ0n) is 22.8. The predicted octanol–water partition coefficient (Wildman–Crippen LogP) is 8.82. The molecular weight excluding hydrogens is 404 g/mol. The summed E-state index contributed by atoms with van der Waals surface area (Å²) in [5, 5.41) is 9.17. The van der Waals surface area contributed by atoms with E-state index in [2.05, 4.69) is 48.5 Å². The van der Waals surface area contributed by atoms with Crippen molar-refractivity contribution in [2.24, 2.45) is 45.3 Å². The second-order valence-corrected chi connectivity index (χ2v) is 13.9. The molecule has 33 heavy (non-hydrogen) atoms. The Morgan fingerprint density at radius 1 is 1.03 bits per heavy atom. The first-order chi connectivity index (χ1) is 15.3. The van der Waals surface area contributed by atoms with Gasteiger partial charge in [0.25, 0.3) is 0 Å². The van der Waals surface area contributed by atoms with Crippen LogP contribution in [0.5, 0.6) is 0 Å². The molecule has 186 valence electrons. The molecule has 0 spiro atoms. The minimum Gasteiger partial charge on any atom is -0.478 e. The molecule has 0 amide bonds. The molecule has 7 atom stereocenters. The summed E-state index contributed by atoms with van der Waals surface area (Å²) in [7, 11) is 0. The van der Waals surface area contributed by atoms with E-state index in [1.54, 1.807) is 6.92 Å². The van der Waals surface area contributed by atoms with Crippen LogP contribution < -0.4 is 0 Å². The zero-order chi connectivity index (χ0) is 24.4. The Bertz CT molecular complexity index is 862. The fraction of sp³-hybridized carbons (Fsp3) is 0.839. The van der Waals surface area contributed by atoms with Crippen molar-refractivity contribution < 1.29 is 9.90 Å². The quantitative estimate of drug-likeness (QED) is 0.333. The lowest BCUT2D eigenvalue weighted by Gasteiger charge is -2.62. The molecule has 0 aromatic carbocycles. The summed E-state index contributed by atoms with van der Waals surface area (Å²) in [5.74, 6) is 2.29. The van der Waals surface area contributed by atoms with Gasteiger partial charge in [0.2, 0.25) is 0 Å². The number of aliphatic carboxylic acids is 1. The maximum atomic E-state index is 11.2. The van der Waals surface area contributed by atoms with Crippen molar-refractivity contribution in [1.82, 2.24) is 0 Å². The smallest absolute Gasteiger partial charge is 0.330 e. The number of hydrogen-bond acceptors (Lipinski definition) is 1. The van der Waals surface area contributed by atoms with E-state index in [1.165, 1.54) is 51.4 Å². The van der Waals surface area contributed by atoms with Gasteiger partial charge >= 0.3 is 5.97 Å². The van der Waals surface area contributed by atoms with Crippen LogP contribution in [0.4, 0.5) is 0 Å². The van der Waals surface area contributed by atoms with Gasteiger partial charge in [-0.3, -0.25) is 0 Å². The third-order valence-corrected chi connectivity index (χ3v) is 12.5. The molecule has 0 aromatic heterocycles. The minimum absolute atomic E-state index is 0.355. The lowest BCUT2D eigenvalue weighted by Crippen LogP contribution is -2.53. The number of hydrogen-bond donors (Lipinski definition) is 1. The van der Waals surface area contributed by atoms with Crippen molar-refractivity contribution in [1.29, 1.82) is 0 Å². The van der Waals surface area contributed by atoms with Gasteiger partial charge in [-0.2, -0.15) is 0 Å². The molecule has 4 aliphatic rings. The molecule has 0 radical (unpaired) electrons. The van der Waals surface area contributed by atoms with Gasteiger partial charge in [-0.05, 0) is 116 Å². The van der Waals surface area contributed by atoms with E-state index in [0.717, 1.165) is 30.6 Å². The first-order valence-corrected chi connectivity index (χ1v) is 13.9. The number of fused-ring (bicyclic) bond motifs is 4. The SMILES string of the molecule is C/C(=C/CCC(C)[C@@H]1CC[C@]2(C)C3=C(CC[C@@]12C)[C@@]1(C)CC[C@H](C)C(C)(C)C1CC3)C(=O)O. The first-order valence-electron chi connectivity index (χ1n) is 13.9. The molecule has 4 aliphatic carbocycles. The maximum Gasteiger partial charge on any atom is 0.330 e. The van der Waals surface area contributed by atoms with Crippen molar-refractivity contribution in [3.8, 4) is 0 Å². The first kappa shape index (κ1) is 25.1. The van der Waals surface area contributed by atoms with Gasteiger partial charge < -0.3 is 5.11 Å². The minimum atomic E-state index is -0.779. The number of carboxylic acids is 1. The number of carboxylic acid groups (broad SMARTS) is 1. The van der Waals surface area contributed by atoms with Crippen molar-refractivity contribution in [2.75, 3.05) is 0 Å². The Morgan fingerprint density at radius 2 is 1.73 bits per heavy atom. The summed E-state index contributed by atoms with van der Waals surface area (Å²) in [6.07, 6.45) is 14.8. The van der Waals surface area contributed by atoms with Gasteiger partial charge in [-0.1, -0.05) is 65.7 Å². The molecular formula is C31H50O2. The molecule has 4 rings (SSSR count). The maximum absolute atomic E-state index is 11.2. The van der Waals surface area contributed by atoms with E-state index in [1.807, 2.05) is 17.2 Å². The van der Waals surface area contributed by atoms with Gasteiger partial charge in [0.05, 0.1) is 0 Å². The highest BCUT2D eigenvalue weighted by atomic mass is 16.4. The van der Waals surface area contributed by atoms with Gasteiger partial charge in [-0.15, -0.1) is 0 Å². The summed E-state index contributed by atoms with van der Waals surface area (Å²) in [4.78, 5) is 11.2. The van der Waals surface area contributed by atoms with Crippen LogP contribution in [-0.2, 0) is 4.79 Å². The summed E-state index contributed by atoms with van der Waals surface area (Å²) >= 11 is 0. The molecule has 2 unspecified atom stereocenters. The Labute approximate surface area is 203 Å². The average Bonchev–Trinajstić information content (AvgIpc) is 3.02. The van der Waals surface area contributed by atoms with Crippen molar-refractivity contribution in [2.45, 2.75) is 120 Å². The number of carbonyl (C=O) groups is 1. The van der Waals surface area contributed by atoms with Crippen LogP contribution in [0.1, 0.15) is 120 Å². The van der Waals surface area contributed by atoms with Crippen LogP contribution in [0.3, 0.4) is 0 Å². The highest BCUT2D eigenvalue weighted by molar-refractivity contribution is 5.85. The van der Waals surface area contributed by atoms with Gasteiger partial charge in [-0.25, -0.2) is 4.79 Å². The Hall–Kier alpha value is -1.05. The third-order valence-electron chi connectivity index (χ3n) is 12.5. The van der Waals surface area contributed by atoms with Gasteiger partial charge in [0, 0.05) is 5.57 Å². The Balaban J connectivity index is 1.60. The van der Waals surface area contributed by atoms with Gasteiger partial charge in [0.15, 0.2) is 0 Å². The van der Waals surface area contributed by atoms with Crippen molar-refractivity contribution in [3.63, 3.8) is 0 Å². The second-order valence-electron chi connectivity index (χ2n) is 13.9. The summed E-state index contributed by atoms with van der Waals surface area (Å²) < 4.78 is 0. The lowest BCUT2D eigenvalue weighted by atomic mass is 9.42. The van der Waals surface area contributed by atoms with Crippen LogP contribution >= 0.6 is 0 Å². The second kappa shape index (κ2) is 8.27. The zero-order valence-corrected chi connectivity index (χ0v) is 22.8. The van der Waals surface area contributed by atoms with E-state index in [4.69, 9.17) is 0 Å². The molecule has 0 heterocycles. The summed E-state index contributed by atoms with van der Waals surface area (Å²) in [6.45, 7) is 19.7. The van der Waals surface area contributed by atoms with E-state index >= 15 is 0 Å².